The van der Waals surface area contributed by atoms with Crippen LogP contribution in [-0.4, -0.2) is 35.2 Å². The van der Waals surface area contributed by atoms with Gasteiger partial charge in [-0.25, -0.2) is 18.7 Å². The van der Waals surface area contributed by atoms with Gasteiger partial charge in [0.05, 0.1) is 17.0 Å². The van der Waals surface area contributed by atoms with Crippen LogP contribution in [0.25, 0.3) is 0 Å². The van der Waals surface area contributed by atoms with E-state index in [1.807, 2.05) is 0 Å². The topological polar surface area (TPSA) is 102 Å². The Morgan fingerprint density at radius 2 is 2.00 bits per heavy atom. The number of rotatable bonds is 8. The fraction of sp³-hybridized carbons (Fsp3) is 0.308. The minimum atomic E-state index is -0.572. The quantitative estimate of drug-likeness (QED) is 0.363. The molecule has 3 N–H and O–H groups in total. The first-order valence-electron chi connectivity index (χ1n) is 11.4. The van der Waals surface area contributed by atoms with E-state index >= 15 is 4.39 Å². The average Bonchev–Trinajstić information content (AvgIpc) is 3.30. The highest BCUT2D eigenvalue weighted by atomic mass is 19.1. The number of nitrogens with one attached hydrogen (secondary N) is 1. The Kier molecular flexibility index (Phi) is 7.33. The predicted octanol–water partition coefficient (Wildman–Crippen LogP) is 4.61. The zero-order valence-corrected chi connectivity index (χ0v) is 19.5. The van der Waals surface area contributed by atoms with Gasteiger partial charge in [-0.2, -0.15) is 0 Å². The summed E-state index contributed by atoms with van der Waals surface area (Å²) in [6, 6.07) is 10.1. The molecule has 1 aliphatic rings. The van der Waals surface area contributed by atoms with Crippen LogP contribution in [0.1, 0.15) is 48.9 Å². The van der Waals surface area contributed by atoms with E-state index in [4.69, 9.17) is 10.5 Å². The molecule has 1 saturated carbocycles. The number of nitrogens with two attached hydrogens (primary N) is 1. The monoisotopic (exact) mass is 479 g/mol. The van der Waals surface area contributed by atoms with E-state index < -0.39 is 11.6 Å². The predicted molar refractivity (Wildman–Crippen MR) is 130 cm³/mol. The number of hydrogen-bond acceptors (Lipinski definition) is 6. The largest absolute Gasteiger partial charge is 0.457 e. The summed E-state index contributed by atoms with van der Waals surface area (Å²) in [5.41, 5.74) is 8.01. The normalized spacial score (nSPS) is 18.8. The zero-order chi connectivity index (χ0) is 24.9. The molecule has 3 atom stereocenters. The zero-order valence-electron chi connectivity index (χ0n) is 19.5. The Morgan fingerprint density at radius 1 is 1.20 bits per heavy atom. The van der Waals surface area contributed by atoms with Crippen LogP contribution in [0.2, 0.25) is 0 Å². The number of benzene rings is 2. The van der Waals surface area contributed by atoms with Crippen molar-refractivity contribution in [1.29, 1.82) is 0 Å². The summed E-state index contributed by atoms with van der Waals surface area (Å²) in [5, 5.41) is 2.86. The minimum Gasteiger partial charge on any atom is -0.457 e. The fourth-order valence-electron chi connectivity index (χ4n) is 4.73. The maximum absolute atomic E-state index is 15.3. The van der Waals surface area contributed by atoms with Crippen molar-refractivity contribution >= 4 is 17.9 Å². The van der Waals surface area contributed by atoms with Gasteiger partial charge in [0.1, 0.15) is 35.3 Å². The molecule has 3 aromatic rings. The molecule has 7 nitrogen and oxygen atoms in total. The maximum atomic E-state index is 15.3. The molecule has 1 aliphatic carbocycles. The third kappa shape index (κ3) is 5.29. The van der Waals surface area contributed by atoms with Crippen LogP contribution < -0.4 is 15.8 Å². The molecule has 1 heterocycles. The van der Waals surface area contributed by atoms with Crippen molar-refractivity contribution < 1.29 is 18.3 Å². The van der Waals surface area contributed by atoms with Crippen molar-refractivity contribution in [2.45, 2.75) is 38.1 Å². The molecule has 4 rings (SSSR count). The van der Waals surface area contributed by atoms with Crippen molar-refractivity contribution in [3.05, 3.63) is 77.2 Å². The summed E-state index contributed by atoms with van der Waals surface area (Å²) in [4.78, 5) is 23.9. The summed E-state index contributed by atoms with van der Waals surface area (Å²) >= 11 is 0. The van der Waals surface area contributed by atoms with Gasteiger partial charge in [-0.05, 0) is 49.4 Å². The lowest BCUT2D eigenvalue weighted by atomic mass is 9.85. The molecule has 1 fully saturated rings. The van der Waals surface area contributed by atoms with Gasteiger partial charge in [-0.15, -0.1) is 0 Å². The SMILES string of the molecule is CN=C(c1ccc(Oc2cccc(F)c2)cc1F)c1c(N)ncnc1C(C)C1CCC(NC=O)C1. The fourth-order valence-corrected chi connectivity index (χ4v) is 4.73. The van der Waals surface area contributed by atoms with Gasteiger partial charge < -0.3 is 15.8 Å². The Labute approximate surface area is 202 Å². The minimum absolute atomic E-state index is 0.0100. The van der Waals surface area contributed by atoms with Crippen molar-refractivity contribution in [2.75, 3.05) is 12.8 Å². The van der Waals surface area contributed by atoms with Crippen molar-refractivity contribution in [2.24, 2.45) is 10.9 Å². The first-order valence-corrected chi connectivity index (χ1v) is 11.4. The lowest BCUT2D eigenvalue weighted by Crippen LogP contribution is -2.25. The number of ether oxygens (including phenoxy) is 1. The average molecular weight is 480 g/mol. The first kappa shape index (κ1) is 24.3. The second-order valence-electron chi connectivity index (χ2n) is 8.64. The van der Waals surface area contributed by atoms with Crippen LogP contribution >= 0.6 is 0 Å². The van der Waals surface area contributed by atoms with Gasteiger partial charge in [0, 0.05) is 36.7 Å². The number of aromatic nitrogens is 2. The van der Waals surface area contributed by atoms with E-state index in [0.717, 1.165) is 25.7 Å². The van der Waals surface area contributed by atoms with E-state index in [0.29, 0.717) is 17.0 Å². The smallest absolute Gasteiger partial charge is 0.207 e. The van der Waals surface area contributed by atoms with E-state index in [2.05, 4.69) is 27.2 Å². The number of anilines is 1. The first-order chi connectivity index (χ1) is 16.9. The lowest BCUT2D eigenvalue weighted by molar-refractivity contribution is -0.110. The molecule has 9 heteroatoms. The Balaban J connectivity index is 1.65. The Bertz CT molecular complexity index is 1250. The van der Waals surface area contributed by atoms with E-state index in [9.17, 15) is 9.18 Å². The van der Waals surface area contributed by atoms with Crippen LogP contribution in [0, 0.1) is 17.6 Å². The highest BCUT2D eigenvalue weighted by Crippen LogP contribution is 2.39. The highest BCUT2D eigenvalue weighted by Gasteiger charge is 2.33. The molecule has 0 radical (unpaired) electrons. The van der Waals surface area contributed by atoms with Gasteiger partial charge in [-0.1, -0.05) is 13.0 Å². The van der Waals surface area contributed by atoms with Gasteiger partial charge in [0.15, 0.2) is 0 Å². The molecule has 1 aromatic heterocycles. The van der Waals surface area contributed by atoms with E-state index in [1.54, 1.807) is 25.2 Å². The molecule has 2 aromatic carbocycles. The molecule has 0 spiro atoms. The maximum Gasteiger partial charge on any atom is 0.207 e. The molecule has 0 saturated heterocycles. The third-order valence-electron chi connectivity index (χ3n) is 6.51. The number of hydrogen-bond donors (Lipinski definition) is 2. The summed E-state index contributed by atoms with van der Waals surface area (Å²) in [6.45, 7) is 2.05. The third-order valence-corrected chi connectivity index (χ3v) is 6.51. The van der Waals surface area contributed by atoms with Crippen LogP contribution in [0.4, 0.5) is 14.6 Å². The summed E-state index contributed by atoms with van der Waals surface area (Å²) in [5.74, 6) is -0.0681. The molecule has 0 aliphatic heterocycles. The van der Waals surface area contributed by atoms with Gasteiger partial charge in [0.2, 0.25) is 6.41 Å². The second kappa shape index (κ2) is 10.6. The highest BCUT2D eigenvalue weighted by molar-refractivity contribution is 6.16. The molecular weight excluding hydrogens is 452 g/mol. The number of nitrogen functional groups attached to an aromatic ring is 1. The number of carbonyl (C=O) groups is 1. The Hall–Kier alpha value is -3.88. The number of nitrogens with zero attached hydrogens (tertiary/aromatic N) is 3. The van der Waals surface area contributed by atoms with E-state index in [1.165, 1.54) is 30.6 Å². The summed E-state index contributed by atoms with van der Waals surface area (Å²) < 4.78 is 34.3. The van der Waals surface area contributed by atoms with Crippen molar-refractivity contribution in [3.63, 3.8) is 0 Å². The molecular formula is C26H27F2N5O2. The van der Waals surface area contributed by atoms with Crippen LogP contribution in [-0.2, 0) is 4.79 Å². The summed E-state index contributed by atoms with van der Waals surface area (Å²) in [7, 11) is 1.56. The summed E-state index contributed by atoms with van der Waals surface area (Å²) in [6.07, 6.45) is 4.77. The number of halogens is 2. The number of carbonyl (C=O) groups excluding carboxylic acids is 1. The Morgan fingerprint density at radius 3 is 2.71 bits per heavy atom. The van der Waals surface area contributed by atoms with Crippen molar-refractivity contribution in [1.82, 2.24) is 15.3 Å². The van der Waals surface area contributed by atoms with Gasteiger partial charge in [0.25, 0.3) is 0 Å². The molecule has 0 bridgehead atoms. The van der Waals surface area contributed by atoms with Crippen molar-refractivity contribution in [3.8, 4) is 11.5 Å². The van der Waals surface area contributed by atoms with Crippen LogP contribution in [0.15, 0.2) is 53.8 Å². The number of amides is 1. The molecule has 3 unspecified atom stereocenters. The van der Waals surface area contributed by atoms with Crippen LogP contribution in [0.5, 0.6) is 11.5 Å². The molecule has 182 valence electrons. The van der Waals surface area contributed by atoms with Crippen LogP contribution in [0.3, 0.4) is 0 Å². The number of aliphatic imine (C=N–C) groups is 1. The van der Waals surface area contributed by atoms with Gasteiger partial charge in [-0.3, -0.25) is 9.79 Å². The molecule has 1 amide bonds. The lowest BCUT2D eigenvalue weighted by Gasteiger charge is -2.23. The molecule has 35 heavy (non-hydrogen) atoms. The second-order valence-corrected chi connectivity index (χ2v) is 8.64. The standard InChI is InChI=1S/C26H27F2N5O2/c1-15(16-6-7-18(10-16)33-14-34)24-23(26(29)32-13-31-24)25(30-2)21-9-8-20(12-22(21)28)35-19-5-3-4-17(27)11-19/h3-5,8-9,11-16,18H,6-7,10H2,1-2H3,(H,33,34)(H2,29,31,32). The van der Waals surface area contributed by atoms with E-state index in [-0.39, 0.29) is 40.8 Å². The van der Waals surface area contributed by atoms with Gasteiger partial charge >= 0.3 is 0 Å².